The van der Waals surface area contributed by atoms with Crippen molar-refractivity contribution in [2.45, 2.75) is 0 Å². The van der Waals surface area contributed by atoms with E-state index in [9.17, 15) is 0 Å². The summed E-state index contributed by atoms with van der Waals surface area (Å²) in [6, 6.07) is 13.8. The van der Waals surface area contributed by atoms with E-state index in [0.717, 1.165) is 32.8 Å². The van der Waals surface area contributed by atoms with E-state index in [1.54, 1.807) is 7.11 Å². The summed E-state index contributed by atoms with van der Waals surface area (Å²) in [4.78, 5) is 3.26. The Bertz CT molecular complexity index is 685. The van der Waals surface area contributed by atoms with Crippen LogP contribution in [0.5, 0.6) is 5.75 Å². The van der Waals surface area contributed by atoms with Crippen LogP contribution in [0.3, 0.4) is 0 Å². The largest absolute Gasteiger partial charge is 0.497 e. The molecule has 1 N–H and O–H groups in total. The van der Waals surface area contributed by atoms with Gasteiger partial charge in [-0.2, -0.15) is 0 Å². The second-order valence-corrected chi connectivity index (χ2v) is 4.56. The zero-order valence-electron chi connectivity index (χ0n) is 9.91. The van der Waals surface area contributed by atoms with E-state index >= 15 is 0 Å². The normalized spacial score (nSPS) is 10.8. The molecule has 3 aromatic rings. The highest BCUT2D eigenvalue weighted by Gasteiger charge is 2.07. The van der Waals surface area contributed by atoms with Crippen molar-refractivity contribution in [3.8, 4) is 16.9 Å². The average molecular weight is 258 g/mol. The summed E-state index contributed by atoms with van der Waals surface area (Å²) < 4.78 is 5.27. The van der Waals surface area contributed by atoms with Crippen LogP contribution in [0.1, 0.15) is 0 Å². The molecule has 90 valence electrons. The second kappa shape index (κ2) is 4.39. The summed E-state index contributed by atoms with van der Waals surface area (Å²) in [5, 5.41) is 1.90. The fourth-order valence-electron chi connectivity index (χ4n) is 2.09. The number of hydrogen-bond acceptors (Lipinski definition) is 1. The Morgan fingerprint density at radius 3 is 2.56 bits per heavy atom. The summed E-state index contributed by atoms with van der Waals surface area (Å²) >= 11 is 5.91. The zero-order chi connectivity index (χ0) is 12.5. The van der Waals surface area contributed by atoms with Crippen molar-refractivity contribution in [3.63, 3.8) is 0 Å². The first kappa shape index (κ1) is 11.2. The third-order valence-electron chi connectivity index (χ3n) is 3.04. The maximum Gasteiger partial charge on any atom is 0.119 e. The molecule has 1 heterocycles. The number of nitrogens with one attached hydrogen (secondary N) is 1. The van der Waals surface area contributed by atoms with E-state index in [1.807, 2.05) is 48.7 Å². The molecular weight excluding hydrogens is 246 g/mol. The Labute approximate surface area is 110 Å². The van der Waals surface area contributed by atoms with Crippen molar-refractivity contribution in [3.05, 3.63) is 53.7 Å². The molecule has 0 radical (unpaired) electrons. The molecule has 2 aromatic carbocycles. The number of rotatable bonds is 2. The molecule has 3 heteroatoms. The van der Waals surface area contributed by atoms with E-state index in [0.29, 0.717) is 0 Å². The predicted octanol–water partition coefficient (Wildman–Crippen LogP) is 4.50. The number of benzene rings is 2. The van der Waals surface area contributed by atoms with Crippen LogP contribution >= 0.6 is 11.6 Å². The first-order chi connectivity index (χ1) is 8.78. The highest BCUT2D eigenvalue weighted by molar-refractivity contribution is 6.30. The molecule has 0 aliphatic carbocycles. The Morgan fingerprint density at radius 2 is 1.83 bits per heavy atom. The van der Waals surface area contributed by atoms with Crippen molar-refractivity contribution in [2.24, 2.45) is 0 Å². The highest BCUT2D eigenvalue weighted by atomic mass is 35.5. The minimum atomic E-state index is 0.746. The lowest BCUT2D eigenvalue weighted by atomic mass is 10.0. The Kier molecular flexibility index (Phi) is 2.73. The van der Waals surface area contributed by atoms with Gasteiger partial charge in [0.05, 0.1) is 7.11 Å². The summed E-state index contributed by atoms with van der Waals surface area (Å²) in [6.45, 7) is 0. The van der Waals surface area contributed by atoms with Gasteiger partial charge in [-0.3, -0.25) is 0 Å². The number of aromatic nitrogens is 1. The first-order valence-electron chi connectivity index (χ1n) is 5.69. The lowest BCUT2D eigenvalue weighted by Crippen LogP contribution is -1.82. The van der Waals surface area contributed by atoms with Crippen LogP contribution in [0.2, 0.25) is 5.02 Å². The second-order valence-electron chi connectivity index (χ2n) is 4.12. The molecule has 2 nitrogen and oxygen atoms in total. The molecule has 18 heavy (non-hydrogen) atoms. The topological polar surface area (TPSA) is 25.0 Å². The Morgan fingerprint density at radius 1 is 1.06 bits per heavy atom. The van der Waals surface area contributed by atoms with Gasteiger partial charge in [-0.25, -0.2) is 0 Å². The molecule has 0 saturated heterocycles. The van der Waals surface area contributed by atoms with Crippen LogP contribution in [0.25, 0.3) is 22.0 Å². The summed E-state index contributed by atoms with van der Waals surface area (Å²) in [7, 11) is 1.68. The third-order valence-corrected chi connectivity index (χ3v) is 3.30. The van der Waals surface area contributed by atoms with Crippen molar-refractivity contribution in [1.29, 1.82) is 0 Å². The van der Waals surface area contributed by atoms with Gasteiger partial charge >= 0.3 is 0 Å². The van der Waals surface area contributed by atoms with Gasteiger partial charge in [0.2, 0.25) is 0 Å². The number of fused-ring (bicyclic) bond motifs is 1. The monoisotopic (exact) mass is 257 g/mol. The molecule has 0 spiro atoms. The van der Waals surface area contributed by atoms with Crippen LogP contribution < -0.4 is 4.74 Å². The summed E-state index contributed by atoms with van der Waals surface area (Å²) in [5.41, 5.74) is 3.39. The van der Waals surface area contributed by atoms with Crippen molar-refractivity contribution >= 4 is 22.5 Å². The maximum absolute atomic E-state index is 5.91. The van der Waals surface area contributed by atoms with E-state index in [1.165, 1.54) is 0 Å². The van der Waals surface area contributed by atoms with E-state index in [2.05, 4.69) is 4.98 Å². The predicted molar refractivity (Wildman–Crippen MR) is 75.3 cm³/mol. The minimum Gasteiger partial charge on any atom is -0.497 e. The van der Waals surface area contributed by atoms with Crippen molar-refractivity contribution in [1.82, 2.24) is 4.98 Å². The third kappa shape index (κ3) is 1.85. The lowest BCUT2D eigenvalue weighted by molar-refractivity contribution is 0.415. The van der Waals surface area contributed by atoms with E-state index in [4.69, 9.17) is 16.3 Å². The molecule has 1 aromatic heterocycles. The minimum absolute atomic E-state index is 0.746. The van der Waals surface area contributed by atoms with E-state index < -0.39 is 0 Å². The molecule has 3 rings (SSSR count). The standard InChI is InChI=1S/C15H12ClNO/c1-18-12-6-7-15-13(8-12)14(9-17-15)10-2-4-11(16)5-3-10/h2-9,17H,1H3. The molecular formula is C15H12ClNO. The molecule has 0 amide bonds. The zero-order valence-corrected chi connectivity index (χ0v) is 10.7. The van der Waals surface area contributed by atoms with Crippen molar-refractivity contribution < 1.29 is 4.74 Å². The maximum atomic E-state index is 5.91. The van der Waals surface area contributed by atoms with Crippen LogP contribution in [-0.2, 0) is 0 Å². The SMILES string of the molecule is COc1ccc2[nH]cc(-c3ccc(Cl)cc3)c2c1. The Balaban J connectivity index is 2.19. The van der Waals surface area contributed by atoms with E-state index in [-0.39, 0.29) is 0 Å². The molecule has 0 aliphatic rings. The van der Waals surface area contributed by atoms with Gasteiger partial charge in [0.15, 0.2) is 0 Å². The summed E-state index contributed by atoms with van der Waals surface area (Å²) in [5.74, 6) is 0.859. The quantitative estimate of drug-likeness (QED) is 0.719. The molecule has 0 fully saturated rings. The first-order valence-corrected chi connectivity index (χ1v) is 6.07. The van der Waals surface area contributed by atoms with Gasteiger partial charge in [0.1, 0.15) is 5.75 Å². The number of aromatic amines is 1. The van der Waals surface area contributed by atoms with Gasteiger partial charge in [-0.05, 0) is 35.9 Å². The molecule has 0 aliphatic heterocycles. The van der Waals surface area contributed by atoms with Crippen LogP contribution in [0, 0.1) is 0 Å². The van der Waals surface area contributed by atoms with Crippen LogP contribution in [0.15, 0.2) is 48.7 Å². The molecule has 0 bridgehead atoms. The van der Waals surface area contributed by atoms with Gasteiger partial charge in [-0.15, -0.1) is 0 Å². The van der Waals surface area contributed by atoms with Gasteiger partial charge in [0.25, 0.3) is 0 Å². The number of hydrogen-bond donors (Lipinski definition) is 1. The Hall–Kier alpha value is -1.93. The average Bonchev–Trinajstić information content (AvgIpc) is 2.82. The number of H-pyrrole nitrogens is 1. The van der Waals surface area contributed by atoms with Gasteiger partial charge < -0.3 is 9.72 Å². The lowest BCUT2D eigenvalue weighted by Gasteiger charge is -2.02. The number of halogens is 1. The van der Waals surface area contributed by atoms with Gasteiger partial charge in [-0.1, -0.05) is 23.7 Å². The number of ether oxygens (including phenoxy) is 1. The van der Waals surface area contributed by atoms with Crippen LogP contribution in [-0.4, -0.2) is 12.1 Å². The molecule has 0 unspecified atom stereocenters. The smallest absolute Gasteiger partial charge is 0.119 e. The van der Waals surface area contributed by atoms with Gasteiger partial charge in [0, 0.05) is 27.7 Å². The molecule has 0 saturated carbocycles. The van der Waals surface area contributed by atoms with Crippen LogP contribution in [0.4, 0.5) is 0 Å². The van der Waals surface area contributed by atoms with Crippen molar-refractivity contribution in [2.75, 3.05) is 7.11 Å². The summed E-state index contributed by atoms with van der Waals surface area (Å²) in [6.07, 6.45) is 2.01. The molecule has 0 atom stereocenters. The fourth-order valence-corrected chi connectivity index (χ4v) is 2.22. The number of methoxy groups -OCH3 is 1. The highest BCUT2D eigenvalue weighted by Crippen LogP contribution is 2.31. The fraction of sp³-hybridized carbons (Fsp3) is 0.0667.